The summed E-state index contributed by atoms with van der Waals surface area (Å²) in [7, 11) is 0. The van der Waals surface area contributed by atoms with Gasteiger partial charge in [0.1, 0.15) is 17.3 Å². The second kappa shape index (κ2) is 7.22. The van der Waals surface area contributed by atoms with Gasteiger partial charge >= 0.3 is 5.97 Å². The van der Waals surface area contributed by atoms with E-state index in [1.165, 1.54) is 18.3 Å². The Morgan fingerprint density at radius 3 is 2.87 bits per heavy atom. The lowest BCUT2D eigenvalue weighted by molar-refractivity contribution is 0.0690. The number of aromatic carboxylic acids is 1. The number of nitrogens with zero attached hydrogens (tertiary/aromatic N) is 5. The van der Waals surface area contributed by atoms with E-state index in [-0.39, 0.29) is 17.6 Å². The van der Waals surface area contributed by atoms with E-state index in [4.69, 9.17) is 5.10 Å². The SMILES string of the molecule is O=C(O)c1cc(-c2cnc3ccc(N4CCCC4c4cccc(F)c4)nn23)ccn1. The number of imidazole rings is 1. The van der Waals surface area contributed by atoms with Crippen LogP contribution in [0.3, 0.4) is 0 Å². The van der Waals surface area contributed by atoms with Crippen LogP contribution < -0.4 is 4.90 Å². The molecule has 0 spiro atoms. The summed E-state index contributed by atoms with van der Waals surface area (Å²) in [5.74, 6) is -0.568. The van der Waals surface area contributed by atoms with Crippen molar-refractivity contribution in [1.82, 2.24) is 19.6 Å². The Morgan fingerprint density at radius 1 is 1.13 bits per heavy atom. The first-order valence-corrected chi connectivity index (χ1v) is 9.67. The molecule has 0 saturated carbocycles. The van der Waals surface area contributed by atoms with Crippen LogP contribution in [0.4, 0.5) is 10.2 Å². The molecule has 1 fully saturated rings. The van der Waals surface area contributed by atoms with Crippen LogP contribution in [-0.4, -0.2) is 37.2 Å². The Balaban J connectivity index is 1.56. The maximum absolute atomic E-state index is 13.8. The van der Waals surface area contributed by atoms with Crippen molar-refractivity contribution in [2.24, 2.45) is 0 Å². The Hall–Kier alpha value is -3.81. The van der Waals surface area contributed by atoms with Gasteiger partial charge in [-0.25, -0.2) is 23.7 Å². The highest BCUT2D eigenvalue weighted by molar-refractivity contribution is 5.87. The highest BCUT2D eigenvalue weighted by Crippen LogP contribution is 2.35. The number of halogens is 1. The zero-order valence-corrected chi connectivity index (χ0v) is 15.9. The van der Waals surface area contributed by atoms with Crippen LogP contribution >= 0.6 is 0 Å². The Labute approximate surface area is 171 Å². The van der Waals surface area contributed by atoms with Crippen molar-refractivity contribution in [3.8, 4) is 11.3 Å². The van der Waals surface area contributed by atoms with Gasteiger partial charge in [-0.05, 0) is 54.8 Å². The molecule has 0 bridgehead atoms. The molecule has 1 saturated heterocycles. The molecule has 0 aliphatic carbocycles. The third-order valence-electron chi connectivity index (χ3n) is 5.40. The summed E-state index contributed by atoms with van der Waals surface area (Å²) in [6.45, 7) is 0.822. The fourth-order valence-electron chi connectivity index (χ4n) is 4.02. The van der Waals surface area contributed by atoms with Gasteiger partial charge in [0.25, 0.3) is 0 Å². The maximum atomic E-state index is 13.8. The topological polar surface area (TPSA) is 83.6 Å². The van der Waals surface area contributed by atoms with Crippen molar-refractivity contribution in [3.63, 3.8) is 0 Å². The molecule has 30 heavy (non-hydrogen) atoms. The number of fused-ring (bicyclic) bond motifs is 1. The standard InChI is InChI=1S/C22H18FN5O2/c23-16-4-1-3-14(11-16)18-5-2-10-27(18)21-7-6-20-25-13-19(28(20)26-21)15-8-9-24-17(12-15)22(29)30/h1,3-4,6-9,11-13,18H,2,5,10H2,(H,29,30). The number of pyridine rings is 1. The summed E-state index contributed by atoms with van der Waals surface area (Å²) < 4.78 is 15.5. The van der Waals surface area contributed by atoms with E-state index < -0.39 is 5.97 Å². The van der Waals surface area contributed by atoms with Crippen molar-refractivity contribution >= 4 is 17.4 Å². The van der Waals surface area contributed by atoms with Crippen LogP contribution in [0.5, 0.6) is 0 Å². The minimum atomic E-state index is -1.09. The number of rotatable bonds is 4. The molecular weight excluding hydrogens is 385 g/mol. The highest BCUT2D eigenvalue weighted by atomic mass is 19.1. The summed E-state index contributed by atoms with van der Waals surface area (Å²) in [5.41, 5.74) is 2.90. The van der Waals surface area contributed by atoms with E-state index in [1.54, 1.807) is 28.9 Å². The fourth-order valence-corrected chi connectivity index (χ4v) is 4.02. The molecule has 4 aromatic rings. The molecule has 0 amide bonds. The van der Waals surface area contributed by atoms with Crippen molar-refractivity contribution < 1.29 is 14.3 Å². The zero-order valence-electron chi connectivity index (χ0n) is 15.9. The summed E-state index contributed by atoms with van der Waals surface area (Å²) in [6, 6.07) is 13.8. The van der Waals surface area contributed by atoms with Gasteiger partial charge in [0, 0.05) is 18.3 Å². The van der Waals surface area contributed by atoms with Gasteiger partial charge in [0.2, 0.25) is 0 Å². The number of carbonyl (C=O) groups is 1. The van der Waals surface area contributed by atoms with E-state index in [9.17, 15) is 14.3 Å². The first kappa shape index (κ1) is 18.2. The second-order valence-corrected chi connectivity index (χ2v) is 7.25. The van der Waals surface area contributed by atoms with Crippen molar-refractivity contribution in [2.45, 2.75) is 18.9 Å². The lowest BCUT2D eigenvalue weighted by atomic mass is 10.0. The second-order valence-electron chi connectivity index (χ2n) is 7.25. The lowest BCUT2D eigenvalue weighted by Crippen LogP contribution is -2.24. The molecule has 1 aliphatic rings. The molecule has 1 atom stereocenters. The summed E-state index contributed by atoms with van der Waals surface area (Å²) in [6.07, 6.45) is 5.04. The number of aromatic nitrogens is 4. The normalized spacial score (nSPS) is 16.3. The van der Waals surface area contributed by atoms with Gasteiger partial charge in [-0.3, -0.25) is 0 Å². The predicted molar refractivity (Wildman–Crippen MR) is 109 cm³/mol. The molecule has 7 nitrogen and oxygen atoms in total. The average molecular weight is 403 g/mol. The van der Waals surface area contributed by atoms with E-state index in [0.717, 1.165) is 30.8 Å². The van der Waals surface area contributed by atoms with E-state index in [2.05, 4.69) is 14.9 Å². The Morgan fingerprint density at radius 2 is 2.03 bits per heavy atom. The maximum Gasteiger partial charge on any atom is 0.354 e. The summed E-state index contributed by atoms with van der Waals surface area (Å²) in [4.78, 5) is 21.7. The van der Waals surface area contributed by atoms with E-state index in [0.29, 0.717) is 16.9 Å². The van der Waals surface area contributed by atoms with Crippen LogP contribution in [-0.2, 0) is 0 Å². The Bertz CT molecular complexity index is 1260. The van der Waals surface area contributed by atoms with Crippen LogP contribution in [0.1, 0.15) is 34.9 Å². The monoisotopic (exact) mass is 403 g/mol. The molecule has 4 heterocycles. The molecule has 1 N–H and O–H groups in total. The van der Waals surface area contributed by atoms with Crippen LogP contribution in [0, 0.1) is 5.82 Å². The molecule has 1 aromatic carbocycles. The third kappa shape index (κ3) is 3.16. The van der Waals surface area contributed by atoms with Crippen LogP contribution in [0.25, 0.3) is 16.9 Å². The quantitative estimate of drug-likeness (QED) is 0.555. The van der Waals surface area contributed by atoms with Crippen molar-refractivity contribution in [2.75, 3.05) is 11.4 Å². The van der Waals surface area contributed by atoms with Gasteiger partial charge in [-0.1, -0.05) is 12.1 Å². The Kier molecular flexibility index (Phi) is 4.39. The molecule has 8 heteroatoms. The average Bonchev–Trinajstić information content (AvgIpc) is 3.40. The molecule has 150 valence electrons. The first-order valence-electron chi connectivity index (χ1n) is 9.67. The number of carboxylic acids is 1. The minimum absolute atomic E-state index is 0.0377. The summed E-state index contributed by atoms with van der Waals surface area (Å²) in [5, 5.41) is 14.0. The largest absolute Gasteiger partial charge is 0.477 e. The summed E-state index contributed by atoms with van der Waals surface area (Å²) >= 11 is 0. The number of hydrogen-bond acceptors (Lipinski definition) is 5. The van der Waals surface area contributed by atoms with Gasteiger partial charge < -0.3 is 10.0 Å². The lowest BCUT2D eigenvalue weighted by Gasteiger charge is -2.26. The molecule has 5 rings (SSSR count). The van der Waals surface area contributed by atoms with Gasteiger partial charge in [-0.15, -0.1) is 5.10 Å². The number of anilines is 1. The van der Waals surface area contributed by atoms with Crippen molar-refractivity contribution in [3.05, 3.63) is 78.0 Å². The number of carboxylic acid groups (broad SMARTS) is 1. The smallest absolute Gasteiger partial charge is 0.354 e. The van der Waals surface area contributed by atoms with Gasteiger partial charge in [0.05, 0.1) is 17.9 Å². The number of hydrogen-bond donors (Lipinski definition) is 1. The highest BCUT2D eigenvalue weighted by Gasteiger charge is 2.28. The third-order valence-corrected chi connectivity index (χ3v) is 5.40. The van der Waals surface area contributed by atoms with Crippen molar-refractivity contribution in [1.29, 1.82) is 0 Å². The number of benzene rings is 1. The van der Waals surface area contributed by atoms with Gasteiger partial charge in [-0.2, -0.15) is 0 Å². The molecule has 3 aromatic heterocycles. The minimum Gasteiger partial charge on any atom is -0.477 e. The van der Waals surface area contributed by atoms with Gasteiger partial charge in [0.15, 0.2) is 5.65 Å². The first-order chi connectivity index (χ1) is 14.6. The molecule has 1 unspecified atom stereocenters. The molecule has 0 radical (unpaired) electrons. The van der Waals surface area contributed by atoms with Crippen LogP contribution in [0.2, 0.25) is 0 Å². The zero-order chi connectivity index (χ0) is 20.7. The van der Waals surface area contributed by atoms with E-state index in [1.807, 2.05) is 18.2 Å². The molecular formula is C22H18FN5O2. The van der Waals surface area contributed by atoms with E-state index >= 15 is 0 Å². The predicted octanol–water partition coefficient (Wildman–Crippen LogP) is 3.97. The molecule has 1 aliphatic heterocycles. The van der Waals surface area contributed by atoms with Crippen LogP contribution in [0.15, 0.2) is 60.9 Å². The fraction of sp³-hybridized carbons (Fsp3) is 0.182.